The van der Waals surface area contributed by atoms with E-state index in [2.05, 4.69) is 0 Å². The molecule has 0 aromatic heterocycles. The van der Waals surface area contributed by atoms with Gasteiger partial charge in [0.05, 0.1) is 19.9 Å². The monoisotopic (exact) mass is 267 g/mol. The molecule has 0 aliphatic rings. The predicted octanol–water partition coefficient (Wildman–Crippen LogP) is 2.59. The highest BCUT2D eigenvalue weighted by Crippen LogP contribution is 2.41. The second kappa shape index (κ2) is 7.44. The van der Waals surface area contributed by atoms with Crippen LogP contribution in [0.2, 0.25) is 10.0 Å². The summed E-state index contributed by atoms with van der Waals surface area (Å²) in [4.78, 5) is 0. The number of ether oxygens (including phenoxy) is 2. The Bertz CT molecular complexity index is 317. The SMILES string of the molecule is CCO.COc1cc(OC)c(Cl)c(N)c1Cl. The van der Waals surface area contributed by atoms with E-state index in [9.17, 15) is 0 Å². The van der Waals surface area contributed by atoms with Crippen molar-refractivity contribution in [3.05, 3.63) is 16.1 Å². The first kappa shape index (κ1) is 15.2. The van der Waals surface area contributed by atoms with Crippen molar-refractivity contribution in [1.29, 1.82) is 0 Å². The molecule has 0 aliphatic heterocycles. The van der Waals surface area contributed by atoms with Crippen molar-refractivity contribution in [1.82, 2.24) is 0 Å². The zero-order valence-electron chi connectivity index (χ0n) is 9.38. The Morgan fingerprint density at radius 3 is 1.75 bits per heavy atom. The second-order valence-corrected chi connectivity index (χ2v) is 3.39. The fraction of sp³-hybridized carbons (Fsp3) is 0.400. The van der Waals surface area contributed by atoms with E-state index >= 15 is 0 Å². The number of anilines is 1. The predicted molar refractivity (Wildman–Crippen MR) is 66.7 cm³/mol. The van der Waals surface area contributed by atoms with Gasteiger partial charge in [-0.1, -0.05) is 23.2 Å². The highest BCUT2D eigenvalue weighted by Gasteiger charge is 2.13. The minimum Gasteiger partial charge on any atom is -0.495 e. The van der Waals surface area contributed by atoms with Crippen LogP contribution in [0, 0.1) is 0 Å². The van der Waals surface area contributed by atoms with Gasteiger partial charge in [-0.15, -0.1) is 0 Å². The second-order valence-electron chi connectivity index (χ2n) is 2.64. The summed E-state index contributed by atoms with van der Waals surface area (Å²) in [7, 11) is 2.99. The minimum atomic E-state index is 0.250. The van der Waals surface area contributed by atoms with E-state index in [0.29, 0.717) is 21.5 Å². The van der Waals surface area contributed by atoms with Crippen LogP contribution in [0.3, 0.4) is 0 Å². The quantitative estimate of drug-likeness (QED) is 0.809. The van der Waals surface area contributed by atoms with E-state index in [-0.39, 0.29) is 12.3 Å². The van der Waals surface area contributed by atoms with E-state index in [1.54, 1.807) is 13.0 Å². The van der Waals surface area contributed by atoms with Crippen LogP contribution in [0.5, 0.6) is 11.5 Å². The third kappa shape index (κ3) is 3.63. The van der Waals surface area contributed by atoms with E-state index in [0.717, 1.165) is 0 Å². The molecule has 4 nitrogen and oxygen atoms in total. The number of nitrogens with two attached hydrogens (primary N) is 1. The first-order chi connectivity index (χ1) is 7.53. The third-order valence-electron chi connectivity index (χ3n) is 1.61. The molecule has 0 unspecified atom stereocenters. The van der Waals surface area contributed by atoms with Crippen LogP contribution >= 0.6 is 23.2 Å². The van der Waals surface area contributed by atoms with Gasteiger partial charge in [-0.3, -0.25) is 0 Å². The largest absolute Gasteiger partial charge is 0.495 e. The molecule has 0 spiro atoms. The molecule has 1 aromatic carbocycles. The lowest BCUT2D eigenvalue weighted by Crippen LogP contribution is -1.95. The summed E-state index contributed by atoms with van der Waals surface area (Å²) in [6.07, 6.45) is 0. The van der Waals surface area contributed by atoms with Crippen LogP contribution in [0.4, 0.5) is 5.69 Å². The van der Waals surface area contributed by atoms with E-state index < -0.39 is 0 Å². The van der Waals surface area contributed by atoms with Gasteiger partial charge in [-0.2, -0.15) is 0 Å². The average Bonchev–Trinajstić information content (AvgIpc) is 2.28. The summed E-state index contributed by atoms with van der Waals surface area (Å²) in [5.41, 5.74) is 5.87. The maximum atomic E-state index is 7.57. The van der Waals surface area contributed by atoms with Gasteiger partial charge < -0.3 is 20.3 Å². The van der Waals surface area contributed by atoms with E-state index in [4.69, 9.17) is 43.5 Å². The lowest BCUT2D eigenvalue weighted by molar-refractivity contribution is 0.318. The maximum absolute atomic E-state index is 7.57. The van der Waals surface area contributed by atoms with Crippen LogP contribution in [0.1, 0.15) is 6.92 Å². The third-order valence-corrected chi connectivity index (χ3v) is 2.39. The van der Waals surface area contributed by atoms with Gasteiger partial charge in [-0.25, -0.2) is 0 Å². The average molecular weight is 268 g/mol. The van der Waals surface area contributed by atoms with Crippen LogP contribution in [-0.2, 0) is 0 Å². The molecule has 3 N–H and O–H groups in total. The molecule has 16 heavy (non-hydrogen) atoms. The van der Waals surface area contributed by atoms with Crippen molar-refractivity contribution in [3.8, 4) is 11.5 Å². The van der Waals surface area contributed by atoms with Gasteiger partial charge in [-0.05, 0) is 6.92 Å². The smallest absolute Gasteiger partial charge is 0.143 e. The number of hydrogen-bond acceptors (Lipinski definition) is 4. The fourth-order valence-corrected chi connectivity index (χ4v) is 1.41. The summed E-state index contributed by atoms with van der Waals surface area (Å²) in [5, 5.41) is 8.17. The minimum absolute atomic E-state index is 0.250. The Morgan fingerprint density at radius 1 is 1.19 bits per heavy atom. The van der Waals surface area contributed by atoms with Crippen molar-refractivity contribution in [2.75, 3.05) is 26.6 Å². The molecule has 0 aliphatic carbocycles. The molecule has 0 atom stereocenters. The lowest BCUT2D eigenvalue weighted by Gasteiger charge is -2.10. The van der Waals surface area contributed by atoms with Gasteiger partial charge in [0, 0.05) is 12.7 Å². The Morgan fingerprint density at radius 2 is 1.50 bits per heavy atom. The topological polar surface area (TPSA) is 64.7 Å². The van der Waals surface area contributed by atoms with Crippen LogP contribution < -0.4 is 15.2 Å². The summed E-state index contributed by atoms with van der Waals surface area (Å²) in [5.74, 6) is 0.890. The summed E-state index contributed by atoms with van der Waals surface area (Å²) in [6, 6.07) is 1.58. The molecule has 0 amide bonds. The van der Waals surface area contributed by atoms with Crippen molar-refractivity contribution in [2.45, 2.75) is 6.92 Å². The van der Waals surface area contributed by atoms with Crippen molar-refractivity contribution < 1.29 is 14.6 Å². The summed E-state index contributed by atoms with van der Waals surface area (Å²) >= 11 is 11.7. The van der Waals surface area contributed by atoms with Crippen LogP contribution in [0.15, 0.2) is 6.07 Å². The fourth-order valence-electron chi connectivity index (χ4n) is 0.905. The standard InChI is InChI=1S/C8H9Cl2NO2.C2H6O/c1-12-4-3-5(13-2)7(10)8(11)6(4)9;1-2-3/h3H,11H2,1-2H3;3H,2H2,1H3. The highest BCUT2D eigenvalue weighted by atomic mass is 35.5. The molecule has 0 bridgehead atoms. The van der Waals surface area contributed by atoms with Crippen LogP contribution in [-0.4, -0.2) is 25.9 Å². The zero-order chi connectivity index (χ0) is 12.7. The lowest BCUT2D eigenvalue weighted by atomic mass is 10.3. The number of benzene rings is 1. The molecule has 6 heteroatoms. The van der Waals surface area contributed by atoms with Gasteiger partial charge in [0.1, 0.15) is 21.5 Å². The molecular formula is C10H15Cl2NO3. The van der Waals surface area contributed by atoms with Crippen molar-refractivity contribution in [2.24, 2.45) is 0 Å². The molecule has 1 rings (SSSR count). The van der Waals surface area contributed by atoms with Crippen LogP contribution in [0.25, 0.3) is 0 Å². The van der Waals surface area contributed by atoms with E-state index in [1.165, 1.54) is 14.2 Å². The molecule has 0 saturated carbocycles. The van der Waals surface area contributed by atoms with E-state index in [1.807, 2.05) is 0 Å². The normalized spacial score (nSPS) is 9.12. The Hall–Kier alpha value is -0.840. The number of nitrogen functional groups attached to an aromatic ring is 1. The highest BCUT2D eigenvalue weighted by molar-refractivity contribution is 6.40. The first-order valence-corrected chi connectivity index (χ1v) is 5.25. The molecule has 1 aromatic rings. The number of aliphatic hydroxyl groups is 1. The Labute approximate surface area is 105 Å². The number of aliphatic hydroxyl groups excluding tert-OH is 1. The number of hydrogen-bond donors (Lipinski definition) is 2. The van der Waals surface area contributed by atoms with Gasteiger partial charge >= 0.3 is 0 Å². The van der Waals surface area contributed by atoms with Gasteiger partial charge in [0.2, 0.25) is 0 Å². The maximum Gasteiger partial charge on any atom is 0.143 e. The molecule has 0 fully saturated rings. The number of halogens is 2. The summed E-state index contributed by atoms with van der Waals surface area (Å²) < 4.78 is 9.95. The van der Waals surface area contributed by atoms with Crippen molar-refractivity contribution in [3.63, 3.8) is 0 Å². The molecule has 0 heterocycles. The number of methoxy groups -OCH3 is 2. The Balaban J connectivity index is 0.000000673. The Kier molecular flexibility index (Phi) is 7.05. The van der Waals surface area contributed by atoms with Crippen molar-refractivity contribution >= 4 is 28.9 Å². The van der Waals surface area contributed by atoms with Gasteiger partial charge in [0.25, 0.3) is 0 Å². The molecule has 92 valence electrons. The zero-order valence-corrected chi connectivity index (χ0v) is 10.9. The number of rotatable bonds is 2. The summed E-state index contributed by atoms with van der Waals surface area (Å²) in [6.45, 7) is 1.93. The molecule has 0 radical (unpaired) electrons. The molecular weight excluding hydrogens is 253 g/mol. The first-order valence-electron chi connectivity index (χ1n) is 4.49. The molecule has 0 saturated heterocycles. The van der Waals surface area contributed by atoms with Gasteiger partial charge in [0.15, 0.2) is 0 Å².